The maximum atomic E-state index is 12.4. The van der Waals surface area contributed by atoms with Gasteiger partial charge >= 0.3 is 5.97 Å². The predicted octanol–water partition coefficient (Wildman–Crippen LogP) is 1.81. The molecule has 0 radical (unpaired) electrons. The van der Waals surface area contributed by atoms with E-state index < -0.39 is 47.9 Å². The SMILES string of the molecule is CCCS(=O)(=O)c1ccc(COC(=O)CNS(=O)(=O)c2ccc(OC)cc2[N+](=O)[O-])cc1. The Kier molecular flexibility index (Phi) is 8.30. The molecule has 0 aliphatic carbocycles. The molecule has 1 N–H and O–H groups in total. The van der Waals surface area contributed by atoms with E-state index in [0.29, 0.717) is 12.0 Å². The Morgan fingerprint density at radius 1 is 1.09 bits per heavy atom. The molecule has 0 amide bonds. The summed E-state index contributed by atoms with van der Waals surface area (Å²) >= 11 is 0. The van der Waals surface area contributed by atoms with Gasteiger partial charge in [0.05, 0.1) is 28.7 Å². The number of nitro benzene ring substituents is 1. The number of carbonyl (C=O) groups is 1. The largest absolute Gasteiger partial charge is 0.497 e. The highest BCUT2D eigenvalue weighted by atomic mass is 32.2. The van der Waals surface area contributed by atoms with Crippen molar-refractivity contribution in [2.75, 3.05) is 19.4 Å². The van der Waals surface area contributed by atoms with Crippen LogP contribution in [0.5, 0.6) is 5.75 Å². The summed E-state index contributed by atoms with van der Waals surface area (Å²) in [6.07, 6.45) is 0.483. The van der Waals surface area contributed by atoms with E-state index in [1.54, 1.807) is 6.92 Å². The second-order valence-electron chi connectivity index (χ2n) is 6.54. The molecule has 0 spiro atoms. The topological polar surface area (TPSA) is 159 Å². The van der Waals surface area contributed by atoms with Crippen molar-refractivity contribution in [3.05, 3.63) is 58.1 Å². The highest BCUT2D eigenvalue weighted by Gasteiger charge is 2.27. The second-order valence-corrected chi connectivity index (χ2v) is 10.4. The summed E-state index contributed by atoms with van der Waals surface area (Å²) in [5, 5.41) is 11.2. The highest BCUT2D eigenvalue weighted by molar-refractivity contribution is 7.91. The van der Waals surface area contributed by atoms with Crippen LogP contribution in [0.3, 0.4) is 0 Å². The first-order valence-electron chi connectivity index (χ1n) is 9.29. The van der Waals surface area contributed by atoms with Gasteiger partial charge in [-0.1, -0.05) is 19.1 Å². The number of hydrogen-bond donors (Lipinski definition) is 1. The molecule has 13 heteroatoms. The van der Waals surface area contributed by atoms with E-state index in [1.165, 1.54) is 37.4 Å². The van der Waals surface area contributed by atoms with Crippen LogP contribution in [-0.2, 0) is 36.0 Å². The summed E-state index contributed by atoms with van der Waals surface area (Å²) < 4.78 is 60.6. The molecule has 0 aliphatic heterocycles. The van der Waals surface area contributed by atoms with Crippen LogP contribution in [0.2, 0.25) is 0 Å². The molecule has 0 aliphatic rings. The Morgan fingerprint density at radius 3 is 2.31 bits per heavy atom. The molecular formula is C19H22N2O9S2. The van der Waals surface area contributed by atoms with Crippen LogP contribution < -0.4 is 9.46 Å². The maximum Gasteiger partial charge on any atom is 0.321 e. The summed E-state index contributed by atoms with van der Waals surface area (Å²) in [6.45, 7) is 0.790. The summed E-state index contributed by atoms with van der Waals surface area (Å²) in [7, 11) is -6.47. The van der Waals surface area contributed by atoms with Gasteiger partial charge in [-0.25, -0.2) is 16.8 Å². The summed E-state index contributed by atoms with van der Waals surface area (Å²) in [4.78, 5) is 21.8. The van der Waals surface area contributed by atoms with Gasteiger partial charge in [0.1, 0.15) is 18.9 Å². The van der Waals surface area contributed by atoms with Crippen LogP contribution in [0.4, 0.5) is 5.69 Å². The first-order chi connectivity index (χ1) is 15.0. The van der Waals surface area contributed by atoms with Crippen LogP contribution in [0.15, 0.2) is 52.3 Å². The highest BCUT2D eigenvalue weighted by Crippen LogP contribution is 2.28. The Balaban J connectivity index is 1.99. The van der Waals surface area contributed by atoms with E-state index in [9.17, 15) is 31.7 Å². The normalized spacial score (nSPS) is 11.7. The van der Waals surface area contributed by atoms with Gasteiger partial charge in [0.25, 0.3) is 5.69 Å². The molecule has 2 aromatic rings. The van der Waals surface area contributed by atoms with Gasteiger partial charge in [-0.05, 0) is 36.2 Å². The number of methoxy groups -OCH3 is 1. The first kappa shape index (κ1) is 25.2. The lowest BCUT2D eigenvalue weighted by molar-refractivity contribution is -0.387. The third-order valence-corrected chi connectivity index (χ3v) is 7.60. The number of carbonyl (C=O) groups excluding carboxylic acids is 1. The number of nitro groups is 1. The molecule has 0 atom stereocenters. The standard InChI is InChI=1S/C19H22N2O9S2/c1-3-10-31(25,26)16-7-4-14(5-8-16)13-30-19(22)12-20-32(27,28)18-9-6-15(29-2)11-17(18)21(23)24/h4-9,11,20H,3,10,12-13H2,1-2H3. The van der Waals surface area contributed by atoms with Gasteiger partial charge in [-0.3, -0.25) is 14.9 Å². The van der Waals surface area contributed by atoms with Gasteiger partial charge in [0.15, 0.2) is 14.7 Å². The van der Waals surface area contributed by atoms with E-state index in [0.717, 1.165) is 12.1 Å². The zero-order chi connectivity index (χ0) is 23.9. The molecule has 0 saturated carbocycles. The van der Waals surface area contributed by atoms with E-state index in [2.05, 4.69) is 0 Å². The van der Waals surface area contributed by atoms with Gasteiger partial charge < -0.3 is 9.47 Å². The quantitative estimate of drug-likeness (QED) is 0.284. The Morgan fingerprint density at radius 2 is 1.75 bits per heavy atom. The molecule has 174 valence electrons. The van der Waals surface area contributed by atoms with Crippen molar-refractivity contribution >= 4 is 31.5 Å². The zero-order valence-electron chi connectivity index (χ0n) is 17.3. The van der Waals surface area contributed by atoms with E-state index >= 15 is 0 Å². The van der Waals surface area contributed by atoms with Crippen LogP contribution in [-0.4, -0.2) is 47.1 Å². The fourth-order valence-corrected chi connectivity index (χ4v) is 5.06. The monoisotopic (exact) mass is 486 g/mol. The molecule has 32 heavy (non-hydrogen) atoms. The average Bonchev–Trinajstić information content (AvgIpc) is 2.76. The number of nitrogens with one attached hydrogen (secondary N) is 1. The summed E-state index contributed by atoms with van der Waals surface area (Å²) in [5.41, 5.74) is -0.203. The number of ether oxygens (including phenoxy) is 2. The molecule has 0 heterocycles. The Labute approximate surface area is 185 Å². The molecule has 2 aromatic carbocycles. The van der Waals surface area contributed by atoms with E-state index in [1.807, 2.05) is 4.72 Å². The van der Waals surface area contributed by atoms with Gasteiger partial charge in [-0.2, -0.15) is 4.72 Å². The summed E-state index contributed by atoms with van der Waals surface area (Å²) in [5.74, 6) is -0.801. The van der Waals surface area contributed by atoms with Gasteiger partial charge in [0, 0.05) is 0 Å². The lowest BCUT2D eigenvalue weighted by Crippen LogP contribution is -2.31. The number of sulfone groups is 1. The smallest absolute Gasteiger partial charge is 0.321 e. The lowest BCUT2D eigenvalue weighted by atomic mass is 10.2. The Bertz CT molecular complexity index is 1190. The average molecular weight is 487 g/mol. The summed E-state index contributed by atoms with van der Waals surface area (Å²) in [6, 6.07) is 8.97. The number of esters is 1. The third-order valence-electron chi connectivity index (χ3n) is 4.21. The van der Waals surface area contributed by atoms with Crippen molar-refractivity contribution in [1.82, 2.24) is 4.72 Å². The van der Waals surface area contributed by atoms with Crippen molar-refractivity contribution in [2.45, 2.75) is 29.7 Å². The second kappa shape index (κ2) is 10.5. The minimum Gasteiger partial charge on any atom is -0.497 e. The van der Waals surface area contributed by atoms with Crippen LogP contribution in [0.25, 0.3) is 0 Å². The van der Waals surface area contributed by atoms with Crippen molar-refractivity contribution in [3.63, 3.8) is 0 Å². The van der Waals surface area contributed by atoms with Crippen molar-refractivity contribution in [1.29, 1.82) is 0 Å². The molecule has 0 fully saturated rings. The van der Waals surface area contributed by atoms with Gasteiger partial charge in [-0.15, -0.1) is 0 Å². The molecule has 0 saturated heterocycles. The lowest BCUT2D eigenvalue weighted by Gasteiger charge is -2.09. The molecular weight excluding hydrogens is 464 g/mol. The zero-order valence-corrected chi connectivity index (χ0v) is 18.9. The fraction of sp³-hybridized carbons (Fsp3) is 0.316. The Hall–Kier alpha value is -3.03. The molecule has 2 rings (SSSR count). The molecule has 11 nitrogen and oxygen atoms in total. The molecule has 0 unspecified atom stereocenters. The van der Waals surface area contributed by atoms with Crippen molar-refractivity contribution in [2.24, 2.45) is 0 Å². The number of sulfonamides is 1. The van der Waals surface area contributed by atoms with Crippen LogP contribution in [0, 0.1) is 10.1 Å². The maximum absolute atomic E-state index is 12.4. The minimum absolute atomic E-state index is 0.0217. The van der Waals surface area contributed by atoms with E-state index in [4.69, 9.17) is 9.47 Å². The third kappa shape index (κ3) is 6.48. The van der Waals surface area contributed by atoms with Crippen LogP contribution in [0.1, 0.15) is 18.9 Å². The molecule has 0 aromatic heterocycles. The predicted molar refractivity (Wildman–Crippen MR) is 113 cm³/mol. The number of benzene rings is 2. The minimum atomic E-state index is -4.38. The van der Waals surface area contributed by atoms with Crippen molar-refractivity contribution < 1.29 is 36.0 Å². The number of hydrogen-bond acceptors (Lipinski definition) is 9. The van der Waals surface area contributed by atoms with Gasteiger partial charge in [0.2, 0.25) is 10.0 Å². The number of rotatable bonds is 11. The van der Waals surface area contributed by atoms with E-state index in [-0.39, 0.29) is 23.0 Å². The number of nitrogens with zero attached hydrogens (tertiary/aromatic N) is 1. The fourth-order valence-electron chi connectivity index (χ4n) is 2.62. The molecule has 0 bridgehead atoms. The first-order valence-corrected chi connectivity index (χ1v) is 12.4. The van der Waals surface area contributed by atoms with Crippen LogP contribution >= 0.6 is 0 Å². The van der Waals surface area contributed by atoms with Crippen molar-refractivity contribution in [3.8, 4) is 5.75 Å².